The van der Waals surface area contributed by atoms with Crippen molar-refractivity contribution in [2.45, 2.75) is 31.7 Å². The molecule has 0 radical (unpaired) electrons. The zero-order chi connectivity index (χ0) is 23.5. The molecule has 170 valence electrons. The summed E-state index contributed by atoms with van der Waals surface area (Å²) in [4.78, 5) is 23.9. The van der Waals surface area contributed by atoms with Gasteiger partial charge in [-0.05, 0) is 48.9 Å². The van der Waals surface area contributed by atoms with Gasteiger partial charge in [-0.25, -0.2) is 0 Å². The van der Waals surface area contributed by atoms with E-state index in [1.807, 2.05) is 24.3 Å². The SMILES string of the molecule is C[C@@H](O)[C@H](NC(=O)c1ccc(C#Cc2ccc(CNCC(O)CO)cc2)cc1)C(=O)CO. The van der Waals surface area contributed by atoms with Crippen LogP contribution in [0.25, 0.3) is 0 Å². The van der Waals surface area contributed by atoms with Crippen molar-refractivity contribution in [1.29, 1.82) is 0 Å². The first-order valence-corrected chi connectivity index (χ1v) is 10.2. The molecule has 6 N–H and O–H groups in total. The van der Waals surface area contributed by atoms with Crippen molar-refractivity contribution in [1.82, 2.24) is 10.6 Å². The van der Waals surface area contributed by atoms with E-state index in [1.165, 1.54) is 6.92 Å². The van der Waals surface area contributed by atoms with E-state index in [0.717, 1.165) is 11.1 Å². The topological polar surface area (TPSA) is 139 Å². The highest BCUT2D eigenvalue weighted by atomic mass is 16.3. The maximum atomic E-state index is 12.3. The molecule has 0 bridgehead atoms. The van der Waals surface area contributed by atoms with Crippen LogP contribution < -0.4 is 10.6 Å². The van der Waals surface area contributed by atoms with Crippen LogP contribution in [0.15, 0.2) is 48.5 Å². The average Bonchev–Trinajstić information content (AvgIpc) is 2.81. The van der Waals surface area contributed by atoms with E-state index in [4.69, 9.17) is 10.2 Å². The normalized spacial score (nSPS) is 13.4. The molecule has 0 spiro atoms. The number of benzene rings is 2. The highest BCUT2D eigenvalue weighted by molar-refractivity contribution is 5.98. The van der Waals surface area contributed by atoms with Crippen molar-refractivity contribution in [2.24, 2.45) is 0 Å². The quantitative estimate of drug-likeness (QED) is 0.276. The molecular formula is C24H28N2O6. The summed E-state index contributed by atoms with van der Waals surface area (Å²) in [5.74, 6) is 4.85. The Kier molecular flexibility index (Phi) is 10.0. The Morgan fingerprint density at radius 1 is 0.938 bits per heavy atom. The first-order chi connectivity index (χ1) is 15.3. The summed E-state index contributed by atoms with van der Waals surface area (Å²) >= 11 is 0. The van der Waals surface area contributed by atoms with E-state index in [-0.39, 0.29) is 6.61 Å². The molecule has 0 aromatic heterocycles. The Bertz CT molecular complexity index is 945. The van der Waals surface area contributed by atoms with Crippen LogP contribution in [0.1, 0.15) is 34.0 Å². The van der Waals surface area contributed by atoms with E-state index < -0.39 is 36.5 Å². The Morgan fingerprint density at radius 2 is 1.50 bits per heavy atom. The molecule has 8 nitrogen and oxygen atoms in total. The molecule has 32 heavy (non-hydrogen) atoms. The van der Waals surface area contributed by atoms with Crippen LogP contribution in [-0.4, -0.2) is 70.1 Å². The van der Waals surface area contributed by atoms with Gasteiger partial charge in [-0.3, -0.25) is 9.59 Å². The summed E-state index contributed by atoms with van der Waals surface area (Å²) < 4.78 is 0. The van der Waals surface area contributed by atoms with E-state index in [1.54, 1.807) is 24.3 Å². The van der Waals surface area contributed by atoms with Gasteiger partial charge in [0.25, 0.3) is 5.91 Å². The molecule has 0 saturated heterocycles. The molecule has 0 aliphatic heterocycles. The Hall–Kier alpha value is -3.06. The molecule has 1 unspecified atom stereocenters. The van der Waals surface area contributed by atoms with E-state index in [0.29, 0.717) is 24.2 Å². The molecular weight excluding hydrogens is 412 g/mol. The number of hydrogen-bond donors (Lipinski definition) is 6. The molecule has 0 heterocycles. The first-order valence-electron chi connectivity index (χ1n) is 10.2. The molecule has 2 aromatic rings. The Balaban J connectivity index is 1.95. The fourth-order valence-corrected chi connectivity index (χ4v) is 2.80. The number of hydrogen-bond acceptors (Lipinski definition) is 7. The fourth-order valence-electron chi connectivity index (χ4n) is 2.80. The fraction of sp³-hybridized carbons (Fsp3) is 0.333. The second-order valence-corrected chi connectivity index (χ2v) is 7.31. The third kappa shape index (κ3) is 7.89. The summed E-state index contributed by atoms with van der Waals surface area (Å²) in [6.45, 7) is 1.19. The second-order valence-electron chi connectivity index (χ2n) is 7.31. The number of rotatable bonds is 10. The molecule has 0 fully saturated rings. The lowest BCUT2D eigenvalue weighted by Crippen LogP contribution is -2.48. The van der Waals surface area contributed by atoms with E-state index in [9.17, 15) is 19.8 Å². The molecule has 0 aliphatic rings. The number of ketones is 1. The highest BCUT2D eigenvalue weighted by Crippen LogP contribution is 2.07. The molecule has 0 saturated carbocycles. The molecule has 8 heteroatoms. The molecule has 2 rings (SSSR count). The first kappa shape index (κ1) is 25.2. The minimum absolute atomic E-state index is 0.279. The number of Topliss-reactive ketones (excluding diaryl/α,β-unsaturated/α-hetero) is 1. The minimum atomic E-state index is -1.18. The van der Waals surface area contributed by atoms with Gasteiger partial charge >= 0.3 is 0 Å². The van der Waals surface area contributed by atoms with Crippen molar-refractivity contribution in [2.75, 3.05) is 19.8 Å². The van der Waals surface area contributed by atoms with Crippen LogP contribution in [0.5, 0.6) is 0 Å². The van der Waals surface area contributed by atoms with Crippen molar-refractivity contribution in [3.05, 3.63) is 70.8 Å². The summed E-state index contributed by atoms with van der Waals surface area (Å²) in [6.07, 6.45) is -1.90. The van der Waals surface area contributed by atoms with E-state index in [2.05, 4.69) is 22.5 Å². The van der Waals surface area contributed by atoms with Crippen LogP contribution >= 0.6 is 0 Å². The summed E-state index contributed by atoms with van der Waals surface area (Å²) in [7, 11) is 0. The van der Waals surface area contributed by atoms with Gasteiger partial charge in [-0.15, -0.1) is 0 Å². The number of carbonyl (C=O) groups excluding carboxylic acids is 2. The lowest BCUT2D eigenvalue weighted by atomic mass is 10.1. The highest BCUT2D eigenvalue weighted by Gasteiger charge is 2.25. The van der Waals surface area contributed by atoms with Crippen molar-refractivity contribution < 1.29 is 30.0 Å². The van der Waals surface area contributed by atoms with Crippen LogP contribution in [0.2, 0.25) is 0 Å². The average molecular weight is 440 g/mol. The third-order valence-electron chi connectivity index (χ3n) is 4.64. The Morgan fingerprint density at radius 3 is 2.00 bits per heavy atom. The van der Waals surface area contributed by atoms with Gasteiger partial charge < -0.3 is 31.1 Å². The summed E-state index contributed by atoms with van der Waals surface area (Å²) in [5.41, 5.74) is 2.83. The van der Waals surface area contributed by atoms with Crippen LogP contribution in [0.4, 0.5) is 0 Å². The Labute approximate surface area is 186 Å². The maximum absolute atomic E-state index is 12.3. The smallest absolute Gasteiger partial charge is 0.251 e. The monoisotopic (exact) mass is 440 g/mol. The van der Waals surface area contributed by atoms with Gasteiger partial charge in [0.1, 0.15) is 12.6 Å². The molecule has 0 aliphatic carbocycles. The standard InChI is InChI=1S/C24H28N2O6/c1-16(29)23(22(31)15-28)26-24(32)20-10-8-18(9-11-20)3-2-17-4-6-19(7-5-17)12-25-13-21(30)14-27/h4-11,16,21,23,25,27-30H,12-15H2,1H3,(H,26,32)/t16-,21?,23+/m1/s1. The lowest BCUT2D eigenvalue weighted by molar-refractivity contribution is -0.125. The zero-order valence-corrected chi connectivity index (χ0v) is 17.8. The van der Waals surface area contributed by atoms with Crippen LogP contribution in [0.3, 0.4) is 0 Å². The van der Waals surface area contributed by atoms with Gasteiger partial charge in [0.15, 0.2) is 5.78 Å². The summed E-state index contributed by atoms with van der Waals surface area (Å²) in [6, 6.07) is 12.9. The van der Waals surface area contributed by atoms with Crippen LogP contribution in [0, 0.1) is 11.8 Å². The third-order valence-corrected chi connectivity index (χ3v) is 4.64. The predicted octanol–water partition coefficient (Wildman–Crippen LogP) is -0.430. The molecule has 1 amide bonds. The van der Waals surface area contributed by atoms with Crippen molar-refractivity contribution in [3.8, 4) is 11.8 Å². The van der Waals surface area contributed by atoms with Crippen molar-refractivity contribution >= 4 is 11.7 Å². The largest absolute Gasteiger partial charge is 0.394 e. The number of nitrogens with one attached hydrogen (secondary N) is 2. The molecule has 3 atom stereocenters. The van der Waals surface area contributed by atoms with E-state index >= 15 is 0 Å². The zero-order valence-electron chi connectivity index (χ0n) is 17.8. The van der Waals surface area contributed by atoms with Gasteiger partial charge in [-0.2, -0.15) is 0 Å². The molecule has 2 aromatic carbocycles. The van der Waals surface area contributed by atoms with Crippen LogP contribution in [-0.2, 0) is 11.3 Å². The number of amides is 1. The van der Waals surface area contributed by atoms with Gasteiger partial charge in [-0.1, -0.05) is 24.0 Å². The van der Waals surface area contributed by atoms with Gasteiger partial charge in [0.05, 0.1) is 18.8 Å². The number of aliphatic hydroxyl groups excluding tert-OH is 4. The van der Waals surface area contributed by atoms with Crippen molar-refractivity contribution in [3.63, 3.8) is 0 Å². The second kappa shape index (κ2) is 12.7. The van der Waals surface area contributed by atoms with Gasteiger partial charge in [0.2, 0.25) is 0 Å². The predicted molar refractivity (Wildman–Crippen MR) is 119 cm³/mol. The number of carbonyl (C=O) groups is 2. The number of aliphatic hydroxyl groups is 4. The maximum Gasteiger partial charge on any atom is 0.251 e. The van der Waals surface area contributed by atoms with Gasteiger partial charge in [0, 0.05) is 29.8 Å². The summed E-state index contributed by atoms with van der Waals surface area (Å²) in [5, 5.41) is 42.2. The minimum Gasteiger partial charge on any atom is -0.394 e. The lowest BCUT2D eigenvalue weighted by Gasteiger charge is -2.19.